The minimum absolute atomic E-state index is 0.0363. The molecule has 6 heteroatoms. The van der Waals surface area contributed by atoms with Gasteiger partial charge in [-0.05, 0) is 26.7 Å². The summed E-state index contributed by atoms with van der Waals surface area (Å²) in [5.41, 5.74) is 0. The molecule has 1 aliphatic carbocycles. The van der Waals surface area contributed by atoms with Gasteiger partial charge < -0.3 is 13.8 Å². The van der Waals surface area contributed by atoms with Crippen LogP contribution in [-0.4, -0.2) is 26.3 Å². The van der Waals surface area contributed by atoms with Gasteiger partial charge in [0.05, 0.1) is 0 Å². The van der Waals surface area contributed by atoms with Crippen LogP contribution in [0.1, 0.15) is 56.3 Å². The van der Waals surface area contributed by atoms with Gasteiger partial charge in [-0.15, -0.1) is 0 Å². The van der Waals surface area contributed by atoms with E-state index in [4.69, 9.17) is 9.26 Å². The Kier molecular flexibility index (Phi) is 3.33. The lowest BCUT2D eigenvalue weighted by Gasteiger charge is -2.12. The number of aromatic nitrogens is 4. The summed E-state index contributed by atoms with van der Waals surface area (Å²) in [6.07, 6.45) is 5.99. The van der Waals surface area contributed by atoms with Crippen LogP contribution < -0.4 is 0 Å². The van der Waals surface area contributed by atoms with Crippen molar-refractivity contribution in [1.82, 2.24) is 19.7 Å². The van der Waals surface area contributed by atoms with Crippen LogP contribution >= 0.6 is 0 Å². The van der Waals surface area contributed by atoms with Crippen LogP contribution in [0.5, 0.6) is 0 Å². The highest BCUT2D eigenvalue weighted by Gasteiger charge is 2.28. The molecule has 3 rings (SSSR count). The topological polar surface area (TPSA) is 66.0 Å². The van der Waals surface area contributed by atoms with Crippen molar-refractivity contribution in [3.05, 3.63) is 29.9 Å². The maximum Gasteiger partial charge on any atom is 0.246 e. The molecule has 0 aliphatic heterocycles. The highest BCUT2D eigenvalue weighted by atomic mass is 16.5. The van der Waals surface area contributed by atoms with Crippen LogP contribution in [0.2, 0.25) is 0 Å². The molecule has 102 valence electrons. The molecule has 1 atom stereocenters. The van der Waals surface area contributed by atoms with Gasteiger partial charge in [0.25, 0.3) is 0 Å². The minimum Gasteiger partial charge on any atom is -0.371 e. The van der Waals surface area contributed by atoms with E-state index in [2.05, 4.69) is 15.1 Å². The highest BCUT2D eigenvalue weighted by molar-refractivity contribution is 5.04. The molecule has 2 heterocycles. The zero-order valence-corrected chi connectivity index (χ0v) is 11.2. The van der Waals surface area contributed by atoms with Gasteiger partial charge in [0.2, 0.25) is 5.89 Å². The fourth-order valence-electron chi connectivity index (χ4n) is 2.12. The van der Waals surface area contributed by atoms with Crippen molar-refractivity contribution in [3.8, 4) is 0 Å². The summed E-state index contributed by atoms with van der Waals surface area (Å²) in [5, 5.41) is 4.02. The second kappa shape index (κ2) is 5.13. The molecule has 6 nitrogen and oxygen atoms in total. The first-order valence-electron chi connectivity index (χ1n) is 6.73. The lowest BCUT2D eigenvalue weighted by atomic mass is 10.3. The smallest absolute Gasteiger partial charge is 0.246 e. The average molecular weight is 262 g/mol. The van der Waals surface area contributed by atoms with Crippen molar-refractivity contribution in [3.63, 3.8) is 0 Å². The molecular weight excluding hydrogens is 244 g/mol. The summed E-state index contributed by atoms with van der Waals surface area (Å²) in [5.74, 6) is 2.87. The number of ether oxygens (including phenoxy) is 1. The fraction of sp³-hybridized carbons (Fsp3) is 0.615. The highest BCUT2D eigenvalue weighted by Crippen LogP contribution is 2.38. The van der Waals surface area contributed by atoms with E-state index < -0.39 is 0 Å². The monoisotopic (exact) mass is 262 g/mol. The number of hydrogen-bond donors (Lipinski definition) is 0. The molecule has 0 radical (unpaired) electrons. The Labute approximate surface area is 111 Å². The maximum absolute atomic E-state index is 5.57. The molecule has 0 aromatic carbocycles. The van der Waals surface area contributed by atoms with Crippen molar-refractivity contribution in [2.75, 3.05) is 6.61 Å². The zero-order valence-electron chi connectivity index (χ0n) is 11.2. The van der Waals surface area contributed by atoms with Gasteiger partial charge in [0, 0.05) is 24.9 Å². The predicted molar refractivity (Wildman–Crippen MR) is 67.6 cm³/mol. The van der Waals surface area contributed by atoms with Gasteiger partial charge in [-0.2, -0.15) is 4.98 Å². The lowest BCUT2D eigenvalue weighted by Crippen LogP contribution is -2.10. The van der Waals surface area contributed by atoms with Gasteiger partial charge in [0.1, 0.15) is 18.5 Å². The Hall–Kier alpha value is -1.69. The third kappa shape index (κ3) is 2.68. The van der Waals surface area contributed by atoms with Crippen molar-refractivity contribution >= 4 is 0 Å². The van der Waals surface area contributed by atoms with Crippen LogP contribution in [0.3, 0.4) is 0 Å². The molecule has 0 saturated heterocycles. The Balaban J connectivity index is 1.73. The Morgan fingerprint density at radius 3 is 3.11 bits per heavy atom. The zero-order chi connectivity index (χ0) is 13.2. The van der Waals surface area contributed by atoms with Gasteiger partial charge in [-0.1, -0.05) is 5.16 Å². The van der Waals surface area contributed by atoms with E-state index in [-0.39, 0.29) is 6.10 Å². The summed E-state index contributed by atoms with van der Waals surface area (Å²) in [6.45, 7) is 5.18. The van der Waals surface area contributed by atoms with Gasteiger partial charge >= 0.3 is 0 Å². The molecule has 2 aromatic heterocycles. The molecule has 0 bridgehead atoms. The molecule has 0 amide bonds. The predicted octanol–water partition coefficient (Wildman–Crippen LogP) is 2.29. The Morgan fingerprint density at radius 1 is 1.53 bits per heavy atom. The van der Waals surface area contributed by atoms with Gasteiger partial charge in [0.15, 0.2) is 5.82 Å². The second-order valence-corrected chi connectivity index (χ2v) is 4.83. The molecule has 19 heavy (non-hydrogen) atoms. The molecule has 0 spiro atoms. The third-order valence-corrected chi connectivity index (χ3v) is 3.26. The molecule has 1 fully saturated rings. The lowest BCUT2D eigenvalue weighted by molar-refractivity contribution is 0.0675. The molecule has 0 N–H and O–H groups in total. The van der Waals surface area contributed by atoms with Crippen molar-refractivity contribution in [1.29, 1.82) is 0 Å². The Bertz CT molecular complexity index is 544. The summed E-state index contributed by atoms with van der Waals surface area (Å²) < 4.78 is 12.8. The van der Waals surface area contributed by atoms with Crippen molar-refractivity contribution in [2.45, 2.75) is 45.3 Å². The van der Waals surface area contributed by atoms with Crippen LogP contribution in [-0.2, 0) is 11.3 Å². The van der Waals surface area contributed by atoms with E-state index in [0.29, 0.717) is 25.0 Å². The van der Waals surface area contributed by atoms with Crippen molar-refractivity contribution < 1.29 is 9.26 Å². The first-order valence-corrected chi connectivity index (χ1v) is 6.73. The van der Waals surface area contributed by atoms with Crippen LogP contribution in [0.15, 0.2) is 16.9 Å². The van der Waals surface area contributed by atoms with Crippen LogP contribution in [0.4, 0.5) is 0 Å². The minimum atomic E-state index is -0.0363. The normalized spacial score (nSPS) is 16.7. The van der Waals surface area contributed by atoms with E-state index in [9.17, 15) is 0 Å². The van der Waals surface area contributed by atoms with Crippen LogP contribution in [0, 0.1) is 0 Å². The number of rotatable bonds is 6. The third-order valence-electron chi connectivity index (χ3n) is 3.26. The summed E-state index contributed by atoms with van der Waals surface area (Å²) in [4.78, 5) is 8.76. The van der Waals surface area contributed by atoms with E-state index in [1.54, 1.807) is 6.20 Å². The average Bonchev–Trinajstić information content (AvgIpc) is 2.97. The molecule has 1 aliphatic rings. The Morgan fingerprint density at radius 2 is 2.37 bits per heavy atom. The van der Waals surface area contributed by atoms with Gasteiger partial charge in [-0.3, -0.25) is 0 Å². The SMILES string of the molecule is CCO[C@H](C)c1nccn1Cc1nc(C2CC2)no1. The van der Waals surface area contributed by atoms with E-state index in [0.717, 1.165) is 11.6 Å². The summed E-state index contributed by atoms with van der Waals surface area (Å²) >= 11 is 0. The molecule has 0 unspecified atom stereocenters. The molecule has 2 aromatic rings. The summed E-state index contributed by atoms with van der Waals surface area (Å²) in [6, 6.07) is 0. The van der Waals surface area contributed by atoms with Crippen molar-refractivity contribution in [2.24, 2.45) is 0 Å². The molecular formula is C13H18N4O2. The molecule has 1 saturated carbocycles. The van der Waals surface area contributed by atoms with E-state index in [1.165, 1.54) is 12.8 Å². The first-order chi connectivity index (χ1) is 9.28. The number of hydrogen-bond acceptors (Lipinski definition) is 5. The number of imidazole rings is 1. The quantitative estimate of drug-likeness (QED) is 0.799. The van der Waals surface area contributed by atoms with Crippen LogP contribution in [0.25, 0.3) is 0 Å². The van der Waals surface area contributed by atoms with Gasteiger partial charge in [-0.25, -0.2) is 4.98 Å². The summed E-state index contributed by atoms with van der Waals surface area (Å²) in [7, 11) is 0. The first kappa shape index (κ1) is 12.3. The number of nitrogens with zero attached hydrogens (tertiary/aromatic N) is 4. The fourth-order valence-corrected chi connectivity index (χ4v) is 2.12. The van der Waals surface area contributed by atoms with E-state index in [1.807, 2.05) is 24.6 Å². The standard InChI is InChI=1S/C13H18N4O2/c1-3-18-9(2)13-14-6-7-17(13)8-11-15-12(16-19-11)10-4-5-10/h6-7,9-10H,3-5,8H2,1-2H3/t9-/m1/s1. The van der Waals surface area contributed by atoms with E-state index >= 15 is 0 Å². The largest absolute Gasteiger partial charge is 0.371 e. The second-order valence-electron chi connectivity index (χ2n) is 4.83. The maximum atomic E-state index is 5.57.